The molecule has 0 spiro atoms. The van der Waals surface area contributed by atoms with E-state index in [4.69, 9.17) is 11.6 Å². The van der Waals surface area contributed by atoms with Gasteiger partial charge in [-0.15, -0.1) is 11.3 Å². The summed E-state index contributed by atoms with van der Waals surface area (Å²) in [7, 11) is -3.14. The molecule has 3 aromatic rings. The van der Waals surface area contributed by atoms with Gasteiger partial charge in [-0.1, -0.05) is 23.7 Å². The number of halogens is 1. The highest BCUT2D eigenvalue weighted by atomic mass is 35.5. The van der Waals surface area contributed by atoms with Crippen LogP contribution in [0.2, 0.25) is 5.02 Å². The highest BCUT2D eigenvalue weighted by Crippen LogP contribution is 2.37. The van der Waals surface area contributed by atoms with E-state index in [0.29, 0.717) is 31.2 Å². The number of piperazine rings is 1. The SMILES string of the molecule is CS(=O)(=O)N1CCN(c2ncnc3cc(-c4ccc(Cl)cc4)sc23)CC1. The molecular weight excluding hydrogens is 392 g/mol. The minimum Gasteiger partial charge on any atom is -0.353 e. The van der Waals surface area contributed by atoms with E-state index in [1.54, 1.807) is 17.7 Å². The van der Waals surface area contributed by atoms with E-state index in [0.717, 1.165) is 26.5 Å². The topological polar surface area (TPSA) is 66.4 Å². The number of thiophene rings is 1. The Morgan fingerprint density at radius 1 is 1.08 bits per heavy atom. The lowest BCUT2D eigenvalue weighted by Gasteiger charge is -2.34. The standard InChI is InChI=1S/C17H17ClN4O2S2/c1-26(23,24)22-8-6-21(7-9-22)17-16-14(19-11-20-17)10-15(25-16)12-2-4-13(18)5-3-12/h2-5,10-11H,6-9H2,1H3. The van der Waals surface area contributed by atoms with Crippen molar-refractivity contribution in [3.63, 3.8) is 0 Å². The lowest BCUT2D eigenvalue weighted by atomic mass is 10.2. The molecular formula is C17H17ClN4O2S2. The van der Waals surface area contributed by atoms with Crippen LogP contribution in [0.5, 0.6) is 0 Å². The average Bonchev–Trinajstić information content (AvgIpc) is 3.06. The van der Waals surface area contributed by atoms with Crippen LogP contribution in [0.15, 0.2) is 36.7 Å². The second-order valence-corrected chi connectivity index (χ2v) is 9.65. The smallest absolute Gasteiger partial charge is 0.211 e. The molecule has 0 bridgehead atoms. The number of sulfonamides is 1. The number of benzene rings is 1. The van der Waals surface area contributed by atoms with Gasteiger partial charge in [0.1, 0.15) is 12.1 Å². The van der Waals surface area contributed by atoms with E-state index >= 15 is 0 Å². The highest BCUT2D eigenvalue weighted by Gasteiger charge is 2.25. The van der Waals surface area contributed by atoms with Crippen molar-refractivity contribution in [3.05, 3.63) is 41.7 Å². The maximum absolute atomic E-state index is 11.7. The number of aromatic nitrogens is 2. The van der Waals surface area contributed by atoms with Crippen LogP contribution in [-0.4, -0.2) is 55.1 Å². The summed E-state index contributed by atoms with van der Waals surface area (Å²) in [5, 5.41) is 0.707. The van der Waals surface area contributed by atoms with Gasteiger partial charge in [-0.2, -0.15) is 4.31 Å². The first-order valence-corrected chi connectivity index (χ1v) is 11.2. The van der Waals surface area contributed by atoms with E-state index < -0.39 is 10.0 Å². The molecule has 2 aromatic heterocycles. The van der Waals surface area contributed by atoms with Crippen molar-refractivity contribution in [1.82, 2.24) is 14.3 Å². The summed E-state index contributed by atoms with van der Waals surface area (Å²) in [6, 6.07) is 9.79. The van der Waals surface area contributed by atoms with Crippen molar-refractivity contribution >= 4 is 49.0 Å². The minimum absolute atomic E-state index is 0.472. The Morgan fingerprint density at radius 3 is 2.42 bits per heavy atom. The summed E-state index contributed by atoms with van der Waals surface area (Å²) in [4.78, 5) is 12.1. The van der Waals surface area contributed by atoms with E-state index in [2.05, 4.69) is 20.9 Å². The predicted molar refractivity (Wildman–Crippen MR) is 106 cm³/mol. The molecule has 1 fully saturated rings. The normalized spacial score (nSPS) is 16.3. The van der Waals surface area contributed by atoms with Crippen LogP contribution >= 0.6 is 22.9 Å². The molecule has 9 heteroatoms. The first-order valence-electron chi connectivity index (χ1n) is 8.12. The zero-order valence-corrected chi connectivity index (χ0v) is 16.5. The maximum Gasteiger partial charge on any atom is 0.211 e. The molecule has 1 aromatic carbocycles. The number of hydrogen-bond acceptors (Lipinski definition) is 6. The maximum atomic E-state index is 11.7. The molecule has 0 saturated carbocycles. The first kappa shape index (κ1) is 17.7. The van der Waals surface area contributed by atoms with Crippen LogP contribution in [0.1, 0.15) is 0 Å². The van der Waals surface area contributed by atoms with Crippen molar-refractivity contribution in [2.45, 2.75) is 0 Å². The summed E-state index contributed by atoms with van der Waals surface area (Å²) in [5.41, 5.74) is 1.99. The second kappa shape index (κ2) is 6.77. The molecule has 0 radical (unpaired) electrons. The summed E-state index contributed by atoms with van der Waals surface area (Å²) in [6.45, 7) is 2.18. The quantitative estimate of drug-likeness (QED) is 0.666. The van der Waals surface area contributed by atoms with Gasteiger partial charge >= 0.3 is 0 Å². The molecule has 4 rings (SSSR count). The molecule has 1 saturated heterocycles. The highest BCUT2D eigenvalue weighted by molar-refractivity contribution is 7.88. The third-order valence-electron chi connectivity index (χ3n) is 4.43. The number of anilines is 1. The van der Waals surface area contributed by atoms with E-state index in [1.807, 2.05) is 24.3 Å². The van der Waals surface area contributed by atoms with Crippen LogP contribution in [0.25, 0.3) is 20.7 Å². The van der Waals surface area contributed by atoms with Gasteiger partial charge in [-0.25, -0.2) is 18.4 Å². The molecule has 0 aliphatic carbocycles. The first-order chi connectivity index (χ1) is 12.4. The fraction of sp³-hybridized carbons (Fsp3) is 0.294. The molecule has 26 heavy (non-hydrogen) atoms. The molecule has 3 heterocycles. The molecule has 6 nitrogen and oxygen atoms in total. The van der Waals surface area contributed by atoms with Crippen LogP contribution in [-0.2, 0) is 10.0 Å². The van der Waals surface area contributed by atoms with Crippen molar-refractivity contribution in [2.75, 3.05) is 37.3 Å². The number of nitrogens with zero attached hydrogens (tertiary/aromatic N) is 4. The summed E-state index contributed by atoms with van der Waals surface area (Å²) in [5.74, 6) is 0.869. The van der Waals surface area contributed by atoms with Gasteiger partial charge in [-0.05, 0) is 23.8 Å². The van der Waals surface area contributed by atoms with Gasteiger partial charge in [0.25, 0.3) is 0 Å². The van der Waals surface area contributed by atoms with Gasteiger partial charge in [0.05, 0.1) is 16.5 Å². The zero-order valence-electron chi connectivity index (χ0n) is 14.1. The monoisotopic (exact) mass is 408 g/mol. The largest absolute Gasteiger partial charge is 0.353 e. The summed E-state index contributed by atoms with van der Waals surface area (Å²) < 4.78 is 25.9. The molecule has 136 valence electrons. The van der Waals surface area contributed by atoms with Crippen molar-refractivity contribution < 1.29 is 8.42 Å². The summed E-state index contributed by atoms with van der Waals surface area (Å²) >= 11 is 7.62. The average molecular weight is 409 g/mol. The van der Waals surface area contributed by atoms with Gasteiger partial charge < -0.3 is 4.90 Å². The van der Waals surface area contributed by atoms with Gasteiger partial charge in [0.2, 0.25) is 10.0 Å². The third-order valence-corrected chi connectivity index (χ3v) is 7.15. The minimum atomic E-state index is -3.14. The third kappa shape index (κ3) is 3.42. The lowest BCUT2D eigenvalue weighted by molar-refractivity contribution is 0.387. The number of rotatable bonds is 3. The Bertz CT molecular complexity index is 1040. The van der Waals surface area contributed by atoms with Crippen molar-refractivity contribution in [1.29, 1.82) is 0 Å². The van der Waals surface area contributed by atoms with E-state index in [9.17, 15) is 8.42 Å². The zero-order chi connectivity index (χ0) is 18.3. The predicted octanol–water partition coefficient (Wildman–Crippen LogP) is 3.09. The van der Waals surface area contributed by atoms with E-state index in [1.165, 1.54) is 10.6 Å². The Kier molecular flexibility index (Phi) is 4.60. The Hall–Kier alpha value is -1.74. The van der Waals surface area contributed by atoms with Crippen molar-refractivity contribution in [2.24, 2.45) is 0 Å². The number of hydrogen-bond donors (Lipinski definition) is 0. The van der Waals surface area contributed by atoms with Crippen LogP contribution in [0, 0.1) is 0 Å². The molecule has 0 unspecified atom stereocenters. The molecule has 1 aliphatic heterocycles. The van der Waals surface area contributed by atoms with Crippen LogP contribution in [0.3, 0.4) is 0 Å². The van der Waals surface area contributed by atoms with Crippen LogP contribution < -0.4 is 4.90 Å². The van der Waals surface area contributed by atoms with Crippen LogP contribution in [0.4, 0.5) is 5.82 Å². The molecule has 0 atom stereocenters. The molecule has 0 amide bonds. The molecule has 1 aliphatic rings. The fourth-order valence-electron chi connectivity index (χ4n) is 3.06. The van der Waals surface area contributed by atoms with E-state index in [-0.39, 0.29) is 0 Å². The van der Waals surface area contributed by atoms with Gasteiger partial charge in [0.15, 0.2) is 0 Å². The molecule has 0 N–H and O–H groups in total. The number of fused-ring (bicyclic) bond motifs is 1. The van der Waals surface area contributed by atoms with Gasteiger partial charge in [-0.3, -0.25) is 0 Å². The summed E-state index contributed by atoms with van der Waals surface area (Å²) in [6.07, 6.45) is 2.82. The van der Waals surface area contributed by atoms with Gasteiger partial charge in [0, 0.05) is 36.1 Å². The second-order valence-electron chi connectivity index (χ2n) is 6.18. The van der Waals surface area contributed by atoms with Crippen molar-refractivity contribution in [3.8, 4) is 10.4 Å². The fourth-order valence-corrected chi connectivity index (χ4v) is 5.14. The Balaban J connectivity index is 1.65. The Morgan fingerprint density at radius 2 is 1.77 bits per heavy atom. The Labute approximate surface area is 161 Å². The lowest BCUT2D eigenvalue weighted by Crippen LogP contribution is -2.48.